The molecule has 1 aromatic rings. The number of rotatable bonds is 4. The maximum absolute atomic E-state index is 12.5. The van der Waals surface area contributed by atoms with Gasteiger partial charge in [0.05, 0.1) is 12.5 Å². The minimum absolute atomic E-state index is 0.0112. The van der Waals surface area contributed by atoms with E-state index in [1.165, 1.54) is 0 Å². The van der Waals surface area contributed by atoms with Crippen LogP contribution in [0.5, 0.6) is 0 Å². The smallest absolute Gasteiger partial charge is 0.228 e. The standard InChI is InChI=1S/C17H26N4O3/c1-19-15(5-7-18-19)3-4-16(22)20-8-2-9-21(11-10-20)17(23)14-6-12-24-13-14/h5,7,14H,2-4,6,8-13H2,1H3. The number of hydrogen-bond acceptors (Lipinski definition) is 4. The van der Waals surface area contributed by atoms with Gasteiger partial charge in [0.1, 0.15) is 0 Å². The first-order chi connectivity index (χ1) is 11.6. The fourth-order valence-corrected chi connectivity index (χ4v) is 3.41. The summed E-state index contributed by atoms with van der Waals surface area (Å²) < 4.78 is 7.12. The third-order valence-electron chi connectivity index (χ3n) is 4.96. The number of amides is 2. The van der Waals surface area contributed by atoms with Gasteiger partial charge in [-0.3, -0.25) is 14.3 Å². The molecule has 1 unspecified atom stereocenters. The Kier molecular flexibility index (Phi) is 5.50. The zero-order valence-corrected chi connectivity index (χ0v) is 14.3. The normalized spacial score (nSPS) is 21.8. The van der Waals surface area contributed by atoms with Crippen LogP contribution in [0.25, 0.3) is 0 Å². The fourth-order valence-electron chi connectivity index (χ4n) is 3.41. The largest absolute Gasteiger partial charge is 0.381 e. The second-order valence-corrected chi connectivity index (χ2v) is 6.57. The summed E-state index contributed by atoms with van der Waals surface area (Å²) in [6, 6.07) is 1.94. The number of carbonyl (C=O) groups is 2. The van der Waals surface area contributed by atoms with E-state index in [0.717, 1.165) is 31.6 Å². The lowest BCUT2D eigenvalue weighted by Crippen LogP contribution is -2.40. The highest BCUT2D eigenvalue weighted by Gasteiger charge is 2.29. The number of nitrogens with zero attached hydrogens (tertiary/aromatic N) is 4. The zero-order chi connectivity index (χ0) is 16.9. The third-order valence-corrected chi connectivity index (χ3v) is 4.96. The molecule has 0 saturated carbocycles. The average Bonchev–Trinajstić information content (AvgIpc) is 3.18. The number of hydrogen-bond donors (Lipinski definition) is 0. The topological polar surface area (TPSA) is 67.7 Å². The molecule has 0 aliphatic carbocycles. The first-order valence-electron chi connectivity index (χ1n) is 8.76. The van der Waals surface area contributed by atoms with Crippen molar-refractivity contribution in [3.05, 3.63) is 18.0 Å². The van der Waals surface area contributed by atoms with Gasteiger partial charge in [0.15, 0.2) is 0 Å². The van der Waals surface area contributed by atoms with Crippen LogP contribution in [-0.2, 0) is 27.8 Å². The maximum atomic E-state index is 12.5. The summed E-state index contributed by atoms with van der Waals surface area (Å²) in [5, 5.41) is 4.13. The highest BCUT2D eigenvalue weighted by Crippen LogP contribution is 2.17. The molecule has 1 aromatic heterocycles. The second kappa shape index (κ2) is 7.79. The van der Waals surface area contributed by atoms with E-state index in [4.69, 9.17) is 4.74 Å². The predicted molar refractivity (Wildman–Crippen MR) is 88.2 cm³/mol. The maximum Gasteiger partial charge on any atom is 0.228 e. The van der Waals surface area contributed by atoms with E-state index in [2.05, 4.69) is 5.10 Å². The lowest BCUT2D eigenvalue weighted by molar-refractivity contribution is -0.136. The van der Waals surface area contributed by atoms with E-state index >= 15 is 0 Å². The Morgan fingerprint density at radius 3 is 2.75 bits per heavy atom. The third kappa shape index (κ3) is 3.95. The van der Waals surface area contributed by atoms with E-state index in [1.54, 1.807) is 10.9 Å². The highest BCUT2D eigenvalue weighted by atomic mass is 16.5. The minimum Gasteiger partial charge on any atom is -0.381 e. The summed E-state index contributed by atoms with van der Waals surface area (Å²) in [7, 11) is 1.89. The van der Waals surface area contributed by atoms with Crippen LogP contribution in [0.4, 0.5) is 0 Å². The molecule has 0 bridgehead atoms. The van der Waals surface area contributed by atoms with E-state index in [9.17, 15) is 9.59 Å². The molecular weight excluding hydrogens is 308 g/mol. The molecule has 3 rings (SSSR count). The molecule has 2 saturated heterocycles. The molecule has 2 fully saturated rings. The first kappa shape index (κ1) is 17.0. The van der Waals surface area contributed by atoms with Crippen molar-refractivity contribution in [2.24, 2.45) is 13.0 Å². The molecule has 3 heterocycles. The van der Waals surface area contributed by atoms with E-state index in [-0.39, 0.29) is 17.7 Å². The Balaban J connectivity index is 1.48. The molecule has 24 heavy (non-hydrogen) atoms. The van der Waals surface area contributed by atoms with Crippen LogP contribution in [0.3, 0.4) is 0 Å². The molecule has 0 N–H and O–H groups in total. The van der Waals surface area contributed by atoms with Crippen LogP contribution in [0, 0.1) is 5.92 Å². The Morgan fingerprint density at radius 1 is 1.25 bits per heavy atom. The lowest BCUT2D eigenvalue weighted by atomic mass is 10.1. The van der Waals surface area contributed by atoms with Crippen LogP contribution in [0.1, 0.15) is 25.0 Å². The van der Waals surface area contributed by atoms with Gasteiger partial charge in [0.25, 0.3) is 0 Å². The van der Waals surface area contributed by atoms with Crippen molar-refractivity contribution in [1.82, 2.24) is 19.6 Å². The highest BCUT2D eigenvalue weighted by molar-refractivity contribution is 5.80. The van der Waals surface area contributed by atoms with Gasteiger partial charge in [0, 0.05) is 58.1 Å². The Morgan fingerprint density at radius 2 is 2.04 bits per heavy atom. The average molecular weight is 334 g/mol. The van der Waals surface area contributed by atoms with Crippen molar-refractivity contribution >= 4 is 11.8 Å². The van der Waals surface area contributed by atoms with E-state index in [1.807, 2.05) is 22.9 Å². The van der Waals surface area contributed by atoms with Gasteiger partial charge in [-0.05, 0) is 25.3 Å². The molecule has 0 spiro atoms. The number of ether oxygens (including phenoxy) is 1. The van der Waals surface area contributed by atoms with Crippen molar-refractivity contribution in [2.45, 2.75) is 25.7 Å². The molecule has 2 amide bonds. The zero-order valence-electron chi connectivity index (χ0n) is 14.3. The van der Waals surface area contributed by atoms with Crippen LogP contribution in [0.15, 0.2) is 12.3 Å². The van der Waals surface area contributed by atoms with Crippen LogP contribution < -0.4 is 0 Å². The summed E-state index contributed by atoms with van der Waals surface area (Å²) >= 11 is 0. The Hall–Kier alpha value is -1.89. The number of aryl methyl sites for hydroxylation is 2. The SMILES string of the molecule is Cn1nccc1CCC(=O)N1CCCN(C(=O)C2CCOC2)CC1. The fraction of sp³-hybridized carbons (Fsp3) is 0.706. The minimum atomic E-state index is 0.0112. The molecule has 2 aliphatic rings. The molecule has 2 aliphatic heterocycles. The Bertz CT molecular complexity index is 580. The molecule has 132 valence electrons. The number of carbonyl (C=O) groups excluding carboxylic acids is 2. The Labute approximate surface area is 142 Å². The van der Waals surface area contributed by atoms with Gasteiger partial charge in [-0.15, -0.1) is 0 Å². The summed E-state index contributed by atoms with van der Waals surface area (Å²) in [4.78, 5) is 28.8. The van der Waals surface area contributed by atoms with Gasteiger partial charge in [0.2, 0.25) is 11.8 Å². The molecule has 7 nitrogen and oxygen atoms in total. The van der Waals surface area contributed by atoms with Crippen molar-refractivity contribution in [3.63, 3.8) is 0 Å². The van der Waals surface area contributed by atoms with Crippen molar-refractivity contribution in [2.75, 3.05) is 39.4 Å². The summed E-state index contributed by atoms with van der Waals surface area (Å²) in [6.07, 6.45) is 4.61. The van der Waals surface area contributed by atoms with Crippen molar-refractivity contribution in [1.29, 1.82) is 0 Å². The second-order valence-electron chi connectivity index (χ2n) is 6.57. The lowest BCUT2D eigenvalue weighted by Gasteiger charge is -2.24. The predicted octanol–water partition coefficient (Wildman–Crippen LogP) is 0.450. The van der Waals surface area contributed by atoms with E-state index in [0.29, 0.717) is 39.1 Å². The van der Waals surface area contributed by atoms with Crippen LogP contribution >= 0.6 is 0 Å². The molecular formula is C17H26N4O3. The monoisotopic (exact) mass is 334 g/mol. The van der Waals surface area contributed by atoms with Gasteiger partial charge in [-0.1, -0.05) is 0 Å². The van der Waals surface area contributed by atoms with Gasteiger partial charge >= 0.3 is 0 Å². The number of aromatic nitrogens is 2. The first-order valence-corrected chi connectivity index (χ1v) is 8.76. The summed E-state index contributed by atoms with van der Waals surface area (Å²) in [5.74, 6) is 0.364. The van der Waals surface area contributed by atoms with Crippen molar-refractivity contribution in [3.8, 4) is 0 Å². The van der Waals surface area contributed by atoms with Gasteiger partial charge < -0.3 is 14.5 Å². The molecule has 7 heteroatoms. The quantitative estimate of drug-likeness (QED) is 0.802. The van der Waals surface area contributed by atoms with Gasteiger partial charge in [-0.2, -0.15) is 5.10 Å². The van der Waals surface area contributed by atoms with E-state index < -0.39 is 0 Å². The van der Waals surface area contributed by atoms with Crippen molar-refractivity contribution < 1.29 is 14.3 Å². The summed E-state index contributed by atoms with van der Waals surface area (Å²) in [5.41, 5.74) is 1.07. The summed E-state index contributed by atoms with van der Waals surface area (Å²) in [6.45, 7) is 3.96. The van der Waals surface area contributed by atoms with Crippen LogP contribution in [0.2, 0.25) is 0 Å². The molecule has 0 radical (unpaired) electrons. The van der Waals surface area contributed by atoms with Crippen LogP contribution in [-0.4, -0.2) is 70.8 Å². The van der Waals surface area contributed by atoms with Gasteiger partial charge in [-0.25, -0.2) is 0 Å². The molecule has 1 atom stereocenters. The molecule has 0 aromatic carbocycles.